The molecule has 0 radical (unpaired) electrons. The molecule has 0 bridgehead atoms. The van der Waals surface area contributed by atoms with Crippen molar-refractivity contribution in [2.24, 2.45) is 5.73 Å². The van der Waals surface area contributed by atoms with Gasteiger partial charge >= 0.3 is 0 Å². The third-order valence-electron chi connectivity index (χ3n) is 1.80. The molecule has 1 unspecified atom stereocenters. The van der Waals surface area contributed by atoms with Crippen LogP contribution in [0.15, 0.2) is 22.7 Å². The highest BCUT2D eigenvalue weighted by molar-refractivity contribution is 9.10. The minimum Gasteiger partial charge on any atom is -0.396 e. The maximum Gasteiger partial charge on any atom is 0.123 e. The summed E-state index contributed by atoms with van der Waals surface area (Å²) in [6, 6.07) is 4.03. The fourth-order valence-electron chi connectivity index (χ4n) is 1.09. The number of rotatable bonds is 3. The van der Waals surface area contributed by atoms with Crippen molar-refractivity contribution in [1.29, 1.82) is 0 Å². The van der Waals surface area contributed by atoms with E-state index in [0.29, 0.717) is 12.0 Å². The Labute approximate surface area is 96.8 Å². The van der Waals surface area contributed by atoms with Gasteiger partial charge < -0.3 is 10.8 Å². The summed E-state index contributed by atoms with van der Waals surface area (Å²) in [5, 5.41) is 8.67. The predicted molar refractivity (Wildman–Crippen MR) is 60.0 cm³/mol. The van der Waals surface area contributed by atoms with Crippen LogP contribution in [0.5, 0.6) is 0 Å². The van der Waals surface area contributed by atoms with E-state index in [-0.39, 0.29) is 30.9 Å². The summed E-state index contributed by atoms with van der Waals surface area (Å²) in [5.41, 5.74) is 6.41. The zero-order chi connectivity index (χ0) is 9.84. The Bertz CT molecular complexity index is 298. The lowest BCUT2D eigenvalue weighted by Gasteiger charge is -2.12. The van der Waals surface area contributed by atoms with E-state index in [9.17, 15) is 4.39 Å². The van der Waals surface area contributed by atoms with Crippen molar-refractivity contribution in [3.05, 3.63) is 34.1 Å². The molecular weight excluding hydrogens is 272 g/mol. The van der Waals surface area contributed by atoms with Gasteiger partial charge in [-0.1, -0.05) is 15.9 Å². The van der Waals surface area contributed by atoms with E-state index in [2.05, 4.69) is 15.9 Å². The van der Waals surface area contributed by atoms with Crippen LogP contribution in [0.3, 0.4) is 0 Å². The number of nitrogens with two attached hydrogens (primary N) is 1. The topological polar surface area (TPSA) is 46.2 Å². The molecule has 14 heavy (non-hydrogen) atoms. The molecule has 3 N–H and O–H groups in total. The normalized spacial score (nSPS) is 12.0. The lowest BCUT2D eigenvalue weighted by Crippen LogP contribution is -2.12. The van der Waals surface area contributed by atoms with Crippen molar-refractivity contribution in [2.45, 2.75) is 12.5 Å². The summed E-state index contributed by atoms with van der Waals surface area (Å²) in [5.74, 6) is -0.313. The van der Waals surface area contributed by atoms with E-state index in [4.69, 9.17) is 10.8 Å². The first-order valence-electron chi connectivity index (χ1n) is 3.96. The largest absolute Gasteiger partial charge is 0.396 e. The van der Waals surface area contributed by atoms with Crippen molar-refractivity contribution in [3.8, 4) is 0 Å². The second-order valence-corrected chi connectivity index (χ2v) is 3.64. The van der Waals surface area contributed by atoms with Crippen LogP contribution in [0.2, 0.25) is 0 Å². The smallest absolute Gasteiger partial charge is 0.123 e. The Morgan fingerprint density at radius 2 is 2.14 bits per heavy atom. The molecule has 0 heterocycles. The quantitative estimate of drug-likeness (QED) is 0.895. The summed E-state index contributed by atoms with van der Waals surface area (Å²) >= 11 is 3.27. The van der Waals surface area contributed by atoms with E-state index < -0.39 is 0 Å². The Hall–Kier alpha value is -0.160. The van der Waals surface area contributed by atoms with E-state index in [0.717, 1.165) is 4.47 Å². The van der Waals surface area contributed by atoms with Gasteiger partial charge in [0.15, 0.2) is 0 Å². The SMILES string of the molecule is Cl.NC(CCO)c1cc(F)ccc1Br. The van der Waals surface area contributed by atoms with Crippen LogP contribution >= 0.6 is 28.3 Å². The van der Waals surface area contributed by atoms with Crippen LogP contribution in [0.25, 0.3) is 0 Å². The van der Waals surface area contributed by atoms with Crippen LogP contribution in [0.1, 0.15) is 18.0 Å². The van der Waals surface area contributed by atoms with Crippen molar-refractivity contribution < 1.29 is 9.50 Å². The highest BCUT2D eigenvalue weighted by Crippen LogP contribution is 2.24. The maximum absolute atomic E-state index is 12.8. The minimum absolute atomic E-state index is 0. The fourth-order valence-corrected chi connectivity index (χ4v) is 1.63. The third kappa shape index (κ3) is 3.53. The summed E-state index contributed by atoms with van der Waals surface area (Å²) < 4.78 is 13.6. The van der Waals surface area contributed by atoms with Crippen LogP contribution in [0.4, 0.5) is 4.39 Å². The zero-order valence-electron chi connectivity index (χ0n) is 7.41. The van der Waals surface area contributed by atoms with E-state index in [1.165, 1.54) is 12.1 Å². The van der Waals surface area contributed by atoms with Crippen LogP contribution in [0, 0.1) is 5.82 Å². The molecule has 0 fully saturated rings. The first-order valence-corrected chi connectivity index (χ1v) is 4.76. The van der Waals surface area contributed by atoms with Gasteiger partial charge in [0.25, 0.3) is 0 Å². The first-order chi connectivity index (χ1) is 6.15. The Morgan fingerprint density at radius 1 is 1.50 bits per heavy atom. The molecule has 1 atom stereocenters. The molecular formula is C9H12BrClFNO. The highest BCUT2D eigenvalue weighted by atomic mass is 79.9. The molecule has 0 aliphatic carbocycles. The van der Waals surface area contributed by atoms with Gasteiger partial charge in [-0.3, -0.25) is 0 Å². The molecule has 0 amide bonds. The minimum atomic E-state index is -0.324. The summed E-state index contributed by atoms with van der Waals surface area (Å²) in [7, 11) is 0. The Balaban J connectivity index is 0.00000169. The molecule has 0 saturated heterocycles. The second kappa shape index (κ2) is 6.35. The molecule has 0 aromatic heterocycles. The van der Waals surface area contributed by atoms with Gasteiger partial charge in [0.1, 0.15) is 5.82 Å². The molecule has 80 valence electrons. The van der Waals surface area contributed by atoms with Crippen LogP contribution < -0.4 is 5.73 Å². The second-order valence-electron chi connectivity index (χ2n) is 2.78. The molecule has 1 rings (SSSR count). The van der Waals surface area contributed by atoms with Gasteiger partial charge in [-0.05, 0) is 30.2 Å². The average Bonchev–Trinajstić information content (AvgIpc) is 2.09. The lowest BCUT2D eigenvalue weighted by atomic mass is 10.1. The first kappa shape index (κ1) is 13.8. The summed E-state index contributed by atoms with van der Waals surface area (Å²) in [6.07, 6.45) is 0.433. The van der Waals surface area contributed by atoms with Gasteiger partial charge in [-0.25, -0.2) is 4.39 Å². The maximum atomic E-state index is 12.8. The molecule has 0 saturated carbocycles. The van der Waals surface area contributed by atoms with Gasteiger partial charge in [-0.15, -0.1) is 12.4 Å². The van der Waals surface area contributed by atoms with Crippen LogP contribution in [-0.2, 0) is 0 Å². The molecule has 1 aromatic carbocycles. The van der Waals surface area contributed by atoms with Crippen molar-refractivity contribution in [2.75, 3.05) is 6.61 Å². The molecule has 0 spiro atoms. The average molecular weight is 285 g/mol. The number of aliphatic hydroxyl groups excluding tert-OH is 1. The number of halogens is 3. The van der Waals surface area contributed by atoms with Gasteiger partial charge in [-0.2, -0.15) is 0 Å². The zero-order valence-corrected chi connectivity index (χ0v) is 9.81. The fraction of sp³-hybridized carbons (Fsp3) is 0.333. The molecule has 0 aliphatic rings. The summed E-state index contributed by atoms with van der Waals surface area (Å²) in [4.78, 5) is 0. The van der Waals surface area contributed by atoms with Gasteiger partial charge in [0, 0.05) is 17.1 Å². The Kier molecular flexibility index (Phi) is 6.27. The number of hydrogen-bond acceptors (Lipinski definition) is 2. The number of benzene rings is 1. The van der Waals surface area contributed by atoms with Crippen molar-refractivity contribution in [1.82, 2.24) is 0 Å². The predicted octanol–water partition coefficient (Wildman–Crippen LogP) is 2.39. The molecule has 5 heteroatoms. The van der Waals surface area contributed by atoms with Crippen molar-refractivity contribution in [3.63, 3.8) is 0 Å². The number of aliphatic hydroxyl groups is 1. The van der Waals surface area contributed by atoms with Crippen molar-refractivity contribution >= 4 is 28.3 Å². The number of hydrogen-bond donors (Lipinski definition) is 2. The van der Waals surface area contributed by atoms with E-state index in [1.54, 1.807) is 6.07 Å². The van der Waals surface area contributed by atoms with Crippen LogP contribution in [-0.4, -0.2) is 11.7 Å². The molecule has 1 aromatic rings. The third-order valence-corrected chi connectivity index (χ3v) is 2.52. The standard InChI is InChI=1S/C9H11BrFNO.ClH/c10-8-2-1-6(11)5-7(8)9(12)3-4-13;/h1-2,5,9,13H,3-4,12H2;1H. The molecule has 0 aliphatic heterocycles. The van der Waals surface area contributed by atoms with E-state index >= 15 is 0 Å². The van der Waals surface area contributed by atoms with Gasteiger partial charge in [0.05, 0.1) is 0 Å². The molecule has 2 nitrogen and oxygen atoms in total. The van der Waals surface area contributed by atoms with E-state index in [1.807, 2.05) is 0 Å². The lowest BCUT2D eigenvalue weighted by molar-refractivity contribution is 0.276. The monoisotopic (exact) mass is 283 g/mol. The Morgan fingerprint density at radius 3 is 2.71 bits per heavy atom. The highest BCUT2D eigenvalue weighted by Gasteiger charge is 2.09. The summed E-state index contributed by atoms with van der Waals surface area (Å²) in [6.45, 7) is 0.00409. The van der Waals surface area contributed by atoms with Gasteiger partial charge in [0.2, 0.25) is 0 Å².